The van der Waals surface area contributed by atoms with Gasteiger partial charge in [-0.15, -0.1) is 0 Å². The fourth-order valence-electron chi connectivity index (χ4n) is 5.62. The summed E-state index contributed by atoms with van der Waals surface area (Å²) < 4.78 is 0. The Bertz CT molecular complexity index is 1190. The van der Waals surface area contributed by atoms with Gasteiger partial charge in [-0.2, -0.15) is 0 Å². The van der Waals surface area contributed by atoms with Crippen molar-refractivity contribution in [1.29, 1.82) is 0 Å². The monoisotopic (exact) mass is 555 g/mol. The number of ketones is 2. The Morgan fingerprint density at radius 3 is 2.15 bits per heavy atom. The molecule has 1 aliphatic heterocycles. The highest BCUT2D eigenvalue weighted by atomic mass is 16.2. The SMILES string of the molecule is CC(C)[C@H](NC(=O)N[C@H](C(=O)N1CC2[C@@H]([C@H]1C(=O)NCC(=O)C(N)=O)C2(C)C)C(C)(C)C)C(=O)c1ccccc1. The predicted molar refractivity (Wildman–Crippen MR) is 148 cm³/mol. The highest BCUT2D eigenvalue weighted by Gasteiger charge is 2.69. The lowest BCUT2D eigenvalue weighted by molar-refractivity contribution is -0.144. The van der Waals surface area contributed by atoms with Crippen LogP contribution in [0.15, 0.2) is 30.3 Å². The lowest BCUT2D eigenvalue weighted by Crippen LogP contribution is -2.61. The van der Waals surface area contributed by atoms with Gasteiger partial charge in [0.2, 0.25) is 17.6 Å². The molecule has 2 fully saturated rings. The number of urea groups is 1. The maximum atomic E-state index is 13.9. The third-order valence-corrected chi connectivity index (χ3v) is 8.14. The number of primary amides is 1. The van der Waals surface area contributed by atoms with Gasteiger partial charge < -0.3 is 26.6 Å². The summed E-state index contributed by atoms with van der Waals surface area (Å²) in [5, 5.41) is 7.95. The van der Waals surface area contributed by atoms with Crippen LogP contribution in [-0.2, 0) is 19.2 Å². The molecular formula is C29H41N5O6. The van der Waals surface area contributed by atoms with Gasteiger partial charge in [0.1, 0.15) is 12.1 Å². The van der Waals surface area contributed by atoms with Gasteiger partial charge in [-0.25, -0.2) is 4.79 Å². The molecule has 218 valence electrons. The minimum Gasteiger partial charge on any atom is -0.363 e. The normalized spacial score (nSPS) is 22.5. The molecule has 1 saturated carbocycles. The Morgan fingerprint density at radius 2 is 1.62 bits per heavy atom. The second-order valence-electron chi connectivity index (χ2n) is 12.8. The van der Waals surface area contributed by atoms with E-state index in [1.54, 1.807) is 51.1 Å². The minimum atomic E-state index is -1.15. The number of amides is 5. The van der Waals surface area contributed by atoms with E-state index in [1.807, 2.05) is 27.7 Å². The zero-order chi connectivity index (χ0) is 30.2. The number of nitrogens with one attached hydrogen (secondary N) is 3. The van der Waals surface area contributed by atoms with E-state index in [-0.39, 0.29) is 29.0 Å². The predicted octanol–water partition coefficient (Wildman–Crippen LogP) is 1.26. The first-order chi connectivity index (χ1) is 18.5. The van der Waals surface area contributed by atoms with Crippen LogP contribution in [0.3, 0.4) is 0 Å². The molecular weight excluding hydrogens is 514 g/mol. The fourth-order valence-corrected chi connectivity index (χ4v) is 5.62. The van der Waals surface area contributed by atoms with E-state index < -0.39 is 59.6 Å². The Kier molecular flexibility index (Phi) is 8.76. The highest BCUT2D eigenvalue weighted by molar-refractivity contribution is 6.36. The van der Waals surface area contributed by atoms with Crippen LogP contribution < -0.4 is 21.7 Å². The van der Waals surface area contributed by atoms with Crippen LogP contribution >= 0.6 is 0 Å². The van der Waals surface area contributed by atoms with Crippen molar-refractivity contribution in [3.05, 3.63) is 35.9 Å². The summed E-state index contributed by atoms with van der Waals surface area (Å²) in [4.78, 5) is 77.7. The molecule has 5 atom stereocenters. The van der Waals surface area contributed by atoms with Crippen LogP contribution in [0.4, 0.5) is 4.79 Å². The first kappa shape index (κ1) is 30.8. The largest absolute Gasteiger partial charge is 0.363 e. The first-order valence-electron chi connectivity index (χ1n) is 13.6. The van der Waals surface area contributed by atoms with Gasteiger partial charge in [-0.1, -0.05) is 78.8 Å². The molecule has 11 nitrogen and oxygen atoms in total. The molecule has 11 heteroatoms. The number of hydrogen-bond acceptors (Lipinski definition) is 6. The average molecular weight is 556 g/mol. The fraction of sp³-hybridized carbons (Fsp3) is 0.586. The topological polar surface area (TPSA) is 168 Å². The minimum absolute atomic E-state index is 0.0716. The molecule has 1 aromatic rings. The molecule has 5 amide bonds. The number of likely N-dealkylation sites (tertiary alicyclic amines) is 1. The van der Waals surface area contributed by atoms with Crippen LogP contribution in [0, 0.1) is 28.6 Å². The Balaban J connectivity index is 1.78. The first-order valence-corrected chi connectivity index (χ1v) is 13.6. The number of fused-ring (bicyclic) bond motifs is 1. The molecule has 0 spiro atoms. The molecule has 1 heterocycles. The second-order valence-corrected chi connectivity index (χ2v) is 12.8. The maximum absolute atomic E-state index is 13.9. The number of nitrogens with zero attached hydrogens (tertiary/aromatic N) is 1. The van der Waals surface area contributed by atoms with Gasteiger partial charge in [-0.05, 0) is 28.6 Å². The van der Waals surface area contributed by atoms with Gasteiger partial charge in [0.25, 0.3) is 5.91 Å². The molecule has 1 unspecified atom stereocenters. The number of piperidine rings is 1. The van der Waals surface area contributed by atoms with Crippen LogP contribution in [-0.4, -0.2) is 71.4 Å². The van der Waals surface area contributed by atoms with Crippen molar-refractivity contribution < 1.29 is 28.8 Å². The quantitative estimate of drug-likeness (QED) is 0.250. The summed E-state index contributed by atoms with van der Waals surface area (Å²) in [7, 11) is 0. The molecule has 2 aliphatic rings. The van der Waals surface area contributed by atoms with Crippen molar-refractivity contribution in [3.63, 3.8) is 0 Å². The summed E-state index contributed by atoms with van der Waals surface area (Å²) in [6, 6.07) is 5.28. The van der Waals surface area contributed by atoms with Gasteiger partial charge >= 0.3 is 6.03 Å². The Hall–Kier alpha value is -3.76. The summed E-state index contributed by atoms with van der Waals surface area (Å²) in [5.41, 5.74) is 4.54. The van der Waals surface area contributed by atoms with Crippen LogP contribution in [0.5, 0.6) is 0 Å². The lowest BCUT2D eigenvalue weighted by atomic mass is 9.85. The van der Waals surface area contributed by atoms with Crippen LogP contribution in [0.2, 0.25) is 0 Å². The molecule has 1 aliphatic carbocycles. The van der Waals surface area contributed by atoms with Gasteiger partial charge in [0.05, 0.1) is 12.6 Å². The zero-order valence-corrected chi connectivity index (χ0v) is 24.2. The third kappa shape index (κ3) is 6.34. The van der Waals surface area contributed by atoms with E-state index >= 15 is 0 Å². The average Bonchev–Trinajstić information content (AvgIpc) is 3.20. The molecule has 0 bridgehead atoms. The van der Waals surface area contributed by atoms with Crippen LogP contribution in [0.25, 0.3) is 0 Å². The standard InChI is InChI=1S/C29H41N5O6/c1-15(2)20(22(36)16-11-9-8-10-12-16)32-27(40)33-23(28(3,4)5)26(39)34-14-17-19(29(17,6)7)21(34)25(38)31-13-18(35)24(30)37/h8-12,15,17,19-21,23H,13-14H2,1-7H3,(H2,30,37)(H,31,38)(H2,32,33,40)/t17?,19-,20-,21-,23+/m0/s1. The van der Waals surface area contributed by atoms with E-state index in [9.17, 15) is 28.8 Å². The number of benzene rings is 1. The van der Waals surface area contributed by atoms with Crippen molar-refractivity contribution in [2.45, 2.75) is 66.6 Å². The zero-order valence-electron chi connectivity index (χ0n) is 24.2. The van der Waals surface area contributed by atoms with E-state index in [4.69, 9.17) is 5.73 Å². The van der Waals surface area contributed by atoms with Gasteiger partial charge in [0.15, 0.2) is 5.78 Å². The number of carbonyl (C=O) groups excluding carboxylic acids is 6. The molecule has 1 saturated heterocycles. The molecule has 40 heavy (non-hydrogen) atoms. The number of nitrogens with two attached hydrogens (primary N) is 1. The number of Topliss-reactive ketones (excluding diaryl/α,β-unsaturated/α-hetero) is 2. The van der Waals surface area contributed by atoms with E-state index in [0.29, 0.717) is 12.1 Å². The number of rotatable bonds is 10. The summed E-state index contributed by atoms with van der Waals surface area (Å²) >= 11 is 0. The molecule has 0 radical (unpaired) electrons. The van der Waals surface area contributed by atoms with Crippen molar-refractivity contribution in [2.24, 2.45) is 34.3 Å². The van der Waals surface area contributed by atoms with Crippen LogP contribution in [0.1, 0.15) is 58.8 Å². The lowest BCUT2D eigenvalue weighted by Gasteiger charge is -2.37. The van der Waals surface area contributed by atoms with Crippen molar-refractivity contribution >= 4 is 35.3 Å². The highest BCUT2D eigenvalue weighted by Crippen LogP contribution is 2.65. The summed E-state index contributed by atoms with van der Waals surface area (Å²) in [5.74, 6) is -3.61. The van der Waals surface area contributed by atoms with E-state index in [2.05, 4.69) is 16.0 Å². The summed E-state index contributed by atoms with van der Waals surface area (Å²) in [6.45, 7) is 12.8. The molecule has 1 aromatic carbocycles. The van der Waals surface area contributed by atoms with Crippen molar-refractivity contribution in [3.8, 4) is 0 Å². The Labute approximate surface area is 235 Å². The number of hydrogen-bond donors (Lipinski definition) is 4. The maximum Gasteiger partial charge on any atom is 0.316 e. The third-order valence-electron chi connectivity index (χ3n) is 8.14. The van der Waals surface area contributed by atoms with Gasteiger partial charge in [-0.3, -0.25) is 24.0 Å². The number of carbonyl (C=O) groups is 6. The Morgan fingerprint density at radius 1 is 1.02 bits per heavy atom. The smallest absolute Gasteiger partial charge is 0.316 e. The van der Waals surface area contributed by atoms with E-state index in [1.165, 1.54) is 4.90 Å². The molecule has 5 N–H and O–H groups in total. The van der Waals surface area contributed by atoms with E-state index in [0.717, 1.165) is 0 Å². The van der Waals surface area contributed by atoms with Crippen molar-refractivity contribution in [2.75, 3.05) is 13.1 Å². The summed E-state index contributed by atoms with van der Waals surface area (Å²) in [6.07, 6.45) is 0. The van der Waals surface area contributed by atoms with Gasteiger partial charge in [0, 0.05) is 12.1 Å². The molecule has 3 rings (SSSR count). The second kappa shape index (κ2) is 11.4. The molecule has 0 aromatic heterocycles. The van der Waals surface area contributed by atoms with Crippen molar-refractivity contribution in [1.82, 2.24) is 20.9 Å².